The van der Waals surface area contributed by atoms with Gasteiger partial charge in [-0.25, -0.2) is 0 Å². The summed E-state index contributed by atoms with van der Waals surface area (Å²) >= 11 is 0. The first kappa shape index (κ1) is 14.5. The highest BCUT2D eigenvalue weighted by molar-refractivity contribution is 5.26. The molecule has 1 fully saturated rings. The van der Waals surface area contributed by atoms with Crippen LogP contribution < -0.4 is 5.73 Å². The van der Waals surface area contributed by atoms with Gasteiger partial charge >= 0.3 is 0 Å². The number of aryl methyl sites for hydroxylation is 1. The summed E-state index contributed by atoms with van der Waals surface area (Å²) in [5.74, 6) is 0. The third kappa shape index (κ3) is 3.37. The fraction of sp³-hybridized carbons (Fsp3) is 0.647. The molecular weight excluding hydrogens is 234 g/mol. The summed E-state index contributed by atoms with van der Waals surface area (Å²) in [6, 6.07) is 8.60. The maximum Gasteiger partial charge on any atom is 0.0874 e. The maximum atomic E-state index is 6.59. The molecule has 1 unspecified atom stereocenters. The van der Waals surface area contributed by atoms with Crippen molar-refractivity contribution in [1.29, 1.82) is 0 Å². The van der Waals surface area contributed by atoms with E-state index in [1.54, 1.807) is 0 Å². The fourth-order valence-electron chi connectivity index (χ4n) is 3.24. The molecule has 1 aromatic rings. The van der Waals surface area contributed by atoms with E-state index < -0.39 is 0 Å². The molecule has 0 spiro atoms. The lowest BCUT2D eigenvalue weighted by Gasteiger charge is -2.38. The highest BCUT2D eigenvalue weighted by atomic mass is 16.5. The summed E-state index contributed by atoms with van der Waals surface area (Å²) < 4.78 is 6.17. The Morgan fingerprint density at radius 3 is 2.21 bits per heavy atom. The molecule has 0 heterocycles. The molecule has 0 aliphatic heterocycles. The van der Waals surface area contributed by atoms with Gasteiger partial charge in [-0.2, -0.15) is 0 Å². The topological polar surface area (TPSA) is 35.2 Å². The number of hydrogen-bond acceptors (Lipinski definition) is 2. The van der Waals surface area contributed by atoms with Gasteiger partial charge < -0.3 is 10.5 Å². The van der Waals surface area contributed by atoms with Crippen molar-refractivity contribution in [3.63, 3.8) is 0 Å². The van der Waals surface area contributed by atoms with E-state index >= 15 is 0 Å². The lowest BCUT2D eigenvalue weighted by Crippen LogP contribution is -2.43. The van der Waals surface area contributed by atoms with Crippen LogP contribution in [0.4, 0.5) is 0 Å². The molecule has 1 atom stereocenters. The van der Waals surface area contributed by atoms with Gasteiger partial charge in [0.1, 0.15) is 0 Å². The lowest BCUT2D eigenvalue weighted by atomic mass is 9.82. The third-order valence-corrected chi connectivity index (χ3v) is 4.38. The Balaban J connectivity index is 2.23. The van der Waals surface area contributed by atoms with Crippen LogP contribution in [0.2, 0.25) is 0 Å². The molecule has 106 valence electrons. The van der Waals surface area contributed by atoms with E-state index in [1.165, 1.54) is 36.8 Å². The predicted octanol–water partition coefficient (Wildman–Crippen LogP) is 4.12. The molecule has 1 aliphatic rings. The molecule has 0 amide bonds. The van der Waals surface area contributed by atoms with E-state index in [-0.39, 0.29) is 11.6 Å². The first-order chi connectivity index (χ1) is 9.18. The molecule has 2 N–H and O–H groups in total. The Morgan fingerprint density at radius 1 is 1.11 bits per heavy atom. The van der Waals surface area contributed by atoms with E-state index in [0.29, 0.717) is 0 Å². The Hall–Kier alpha value is -0.860. The largest absolute Gasteiger partial charge is 0.373 e. The van der Waals surface area contributed by atoms with Crippen molar-refractivity contribution in [1.82, 2.24) is 0 Å². The molecule has 0 bridgehead atoms. The fourth-order valence-corrected chi connectivity index (χ4v) is 3.24. The molecule has 2 rings (SSSR count). The highest BCUT2D eigenvalue weighted by Crippen LogP contribution is 2.39. The third-order valence-electron chi connectivity index (χ3n) is 4.38. The van der Waals surface area contributed by atoms with E-state index in [0.717, 1.165) is 19.4 Å². The summed E-state index contributed by atoms with van der Waals surface area (Å²) in [7, 11) is 0. The Morgan fingerprint density at radius 2 is 1.68 bits per heavy atom. The van der Waals surface area contributed by atoms with E-state index in [4.69, 9.17) is 10.5 Å². The molecule has 0 radical (unpaired) electrons. The van der Waals surface area contributed by atoms with Crippen molar-refractivity contribution in [2.24, 2.45) is 5.73 Å². The lowest BCUT2D eigenvalue weighted by molar-refractivity contribution is -0.0695. The second-order valence-electron chi connectivity index (χ2n) is 5.80. The van der Waals surface area contributed by atoms with Gasteiger partial charge in [-0.05, 0) is 32.3 Å². The van der Waals surface area contributed by atoms with Crippen molar-refractivity contribution in [3.05, 3.63) is 35.4 Å². The van der Waals surface area contributed by atoms with Gasteiger partial charge in [0.05, 0.1) is 11.6 Å². The van der Waals surface area contributed by atoms with Gasteiger partial charge in [-0.1, -0.05) is 55.5 Å². The quantitative estimate of drug-likeness (QED) is 0.827. The summed E-state index contributed by atoms with van der Waals surface area (Å²) in [6.07, 6.45) is 7.29. The van der Waals surface area contributed by atoms with Crippen molar-refractivity contribution < 1.29 is 4.74 Å². The summed E-state index contributed by atoms with van der Waals surface area (Å²) in [6.45, 7) is 4.94. The van der Waals surface area contributed by atoms with Crippen LogP contribution in [-0.2, 0) is 4.74 Å². The predicted molar refractivity (Wildman–Crippen MR) is 80.2 cm³/mol. The first-order valence-electron chi connectivity index (χ1n) is 7.64. The van der Waals surface area contributed by atoms with Crippen LogP contribution >= 0.6 is 0 Å². The minimum Gasteiger partial charge on any atom is -0.373 e. The summed E-state index contributed by atoms with van der Waals surface area (Å²) in [5.41, 5.74) is 8.92. The summed E-state index contributed by atoms with van der Waals surface area (Å²) in [5, 5.41) is 0. The van der Waals surface area contributed by atoms with Crippen LogP contribution in [0.1, 0.15) is 62.6 Å². The van der Waals surface area contributed by atoms with Crippen molar-refractivity contribution >= 4 is 0 Å². The van der Waals surface area contributed by atoms with Crippen molar-refractivity contribution in [2.45, 2.75) is 64.0 Å². The Kier molecular flexibility index (Phi) is 5.00. The van der Waals surface area contributed by atoms with E-state index in [2.05, 4.69) is 38.1 Å². The van der Waals surface area contributed by atoms with Crippen molar-refractivity contribution in [2.75, 3.05) is 6.61 Å². The van der Waals surface area contributed by atoms with Crippen molar-refractivity contribution in [3.8, 4) is 0 Å². The van der Waals surface area contributed by atoms with Crippen LogP contribution in [0.5, 0.6) is 0 Å². The molecular formula is C17H27NO. The smallest absolute Gasteiger partial charge is 0.0874 e. The van der Waals surface area contributed by atoms with E-state index in [1.807, 2.05) is 0 Å². The Labute approximate surface area is 117 Å². The molecule has 1 aliphatic carbocycles. The zero-order valence-electron chi connectivity index (χ0n) is 12.3. The SMILES string of the molecule is CCOC1(C(N)c2ccc(C)cc2)CCCCCC1. The maximum absolute atomic E-state index is 6.59. The molecule has 19 heavy (non-hydrogen) atoms. The second kappa shape index (κ2) is 6.53. The van der Waals surface area contributed by atoms with Gasteiger partial charge in [0.25, 0.3) is 0 Å². The molecule has 1 aromatic carbocycles. The summed E-state index contributed by atoms with van der Waals surface area (Å²) in [4.78, 5) is 0. The molecule has 2 heteroatoms. The zero-order valence-corrected chi connectivity index (χ0v) is 12.3. The monoisotopic (exact) mass is 261 g/mol. The van der Waals surface area contributed by atoms with E-state index in [9.17, 15) is 0 Å². The minimum atomic E-state index is -0.152. The number of nitrogens with two attached hydrogens (primary N) is 1. The molecule has 1 saturated carbocycles. The molecule has 0 aromatic heterocycles. The minimum absolute atomic E-state index is 0.00819. The number of hydrogen-bond donors (Lipinski definition) is 1. The standard InChI is InChI=1S/C17H27NO/c1-3-19-17(12-6-4-5-7-13-17)16(18)15-10-8-14(2)9-11-15/h8-11,16H,3-7,12-13,18H2,1-2H3. The first-order valence-corrected chi connectivity index (χ1v) is 7.64. The zero-order chi connectivity index (χ0) is 13.7. The van der Waals surface area contributed by atoms with Crippen LogP contribution in [0, 0.1) is 6.92 Å². The highest BCUT2D eigenvalue weighted by Gasteiger charge is 2.38. The number of ether oxygens (including phenoxy) is 1. The molecule has 0 saturated heterocycles. The normalized spacial score (nSPS) is 20.8. The van der Waals surface area contributed by atoms with Crippen LogP contribution in [0.25, 0.3) is 0 Å². The average molecular weight is 261 g/mol. The number of benzene rings is 1. The Bertz CT molecular complexity index is 377. The van der Waals surface area contributed by atoms with Crippen LogP contribution in [-0.4, -0.2) is 12.2 Å². The van der Waals surface area contributed by atoms with Gasteiger partial charge in [-0.3, -0.25) is 0 Å². The van der Waals surface area contributed by atoms with Gasteiger partial charge in [0.2, 0.25) is 0 Å². The molecule has 2 nitrogen and oxygen atoms in total. The number of rotatable bonds is 4. The van der Waals surface area contributed by atoms with Crippen LogP contribution in [0.3, 0.4) is 0 Å². The van der Waals surface area contributed by atoms with Gasteiger partial charge in [-0.15, -0.1) is 0 Å². The van der Waals surface area contributed by atoms with Gasteiger partial charge in [0, 0.05) is 6.61 Å². The van der Waals surface area contributed by atoms with Gasteiger partial charge in [0.15, 0.2) is 0 Å². The van der Waals surface area contributed by atoms with Crippen LogP contribution in [0.15, 0.2) is 24.3 Å². The second-order valence-corrected chi connectivity index (χ2v) is 5.80. The average Bonchev–Trinajstić information content (AvgIpc) is 2.66.